The van der Waals surface area contributed by atoms with E-state index in [1.165, 1.54) is 4.90 Å². The van der Waals surface area contributed by atoms with Crippen molar-refractivity contribution in [1.82, 2.24) is 10.2 Å². The van der Waals surface area contributed by atoms with Crippen LogP contribution in [0, 0.1) is 6.92 Å². The summed E-state index contributed by atoms with van der Waals surface area (Å²) < 4.78 is 5.94. The van der Waals surface area contributed by atoms with Gasteiger partial charge in [0.15, 0.2) is 0 Å². The molecule has 0 aliphatic carbocycles. The first kappa shape index (κ1) is 21.9. The second kappa shape index (κ2) is 9.47. The number of carbonyl (C=O) groups is 2. The third kappa shape index (κ3) is 4.96. The first-order valence-corrected chi connectivity index (χ1v) is 10.7. The van der Waals surface area contributed by atoms with Gasteiger partial charge in [-0.2, -0.15) is 0 Å². The predicted octanol–water partition coefficient (Wildman–Crippen LogP) is 5.97. The zero-order chi connectivity index (χ0) is 22.7. The van der Waals surface area contributed by atoms with Crippen LogP contribution in [0.15, 0.2) is 72.4 Å². The van der Waals surface area contributed by atoms with Crippen molar-refractivity contribution < 1.29 is 14.3 Å². The number of hydrogen-bond acceptors (Lipinski definition) is 3. The molecule has 1 fully saturated rings. The van der Waals surface area contributed by atoms with Gasteiger partial charge >= 0.3 is 6.03 Å². The minimum Gasteiger partial charge on any atom is -0.488 e. The molecule has 0 aromatic heterocycles. The third-order valence-corrected chi connectivity index (χ3v) is 5.76. The van der Waals surface area contributed by atoms with Gasteiger partial charge in [0, 0.05) is 5.56 Å². The van der Waals surface area contributed by atoms with Gasteiger partial charge in [-0.1, -0.05) is 77.3 Å². The molecule has 0 bridgehead atoms. The van der Waals surface area contributed by atoms with Gasteiger partial charge in [0.1, 0.15) is 18.1 Å². The summed E-state index contributed by atoms with van der Waals surface area (Å²) in [5.41, 5.74) is 3.73. The molecule has 1 heterocycles. The summed E-state index contributed by atoms with van der Waals surface area (Å²) in [7, 11) is 0. The van der Waals surface area contributed by atoms with Crippen LogP contribution in [0.4, 0.5) is 4.79 Å². The minimum absolute atomic E-state index is 0.202. The summed E-state index contributed by atoms with van der Waals surface area (Å²) in [6.07, 6.45) is 1.62. The molecular weight excluding hydrogens is 447 g/mol. The predicted molar refractivity (Wildman–Crippen MR) is 125 cm³/mol. The standard InChI is InChI=1S/C25H20Cl2N2O3/c1-16-6-8-17(9-7-16)14-29-24(30)22(28-25(29)31)13-19-4-2-3-5-23(19)32-15-18-10-11-20(26)21(27)12-18/h2-13H,14-15H2,1H3,(H,28,31)/b22-13+. The van der Waals surface area contributed by atoms with Crippen LogP contribution in [0.2, 0.25) is 10.0 Å². The van der Waals surface area contributed by atoms with Gasteiger partial charge in [0.2, 0.25) is 0 Å². The van der Waals surface area contributed by atoms with E-state index in [0.717, 1.165) is 16.7 Å². The monoisotopic (exact) mass is 466 g/mol. The molecule has 0 radical (unpaired) electrons. The van der Waals surface area contributed by atoms with E-state index in [-0.39, 0.29) is 24.8 Å². The normalized spacial score (nSPS) is 14.7. The fraction of sp³-hybridized carbons (Fsp3) is 0.120. The van der Waals surface area contributed by atoms with E-state index < -0.39 is 6.03 Å². The van der Waals surface area contributed by atoms with Crippen molar-refractivity contribution in [3.8, 4) is 5.75 Å². The second-order valence-electron chi connectivity index (χ2n) is 7.44. The smallest absolute Gasteiger partial charge is 0.329 e. The van der Waals surface area contributed by atoms with Gasteiger partial charge in [0.05, 0.1) is 16.6 Å². The molecule has 1 aliphatic heterocycles. The number of urea groups is 1. The fourth-order valence-corrected chi connectivity index (χ4v) is 3.59. The molecule has 0 atom stereocenters. The highest BCUT2D eigenvalue weighted by Crippen LogP contribution is 2.26. The average molecular weight is 467 g/mol. The highest BCUT2D eigenvalue weighted by Gasteiger charge is 2.33. The van der Waals surface area contributed by atoms with Crippen LogP contribution in [0.3, 0.4) is 0 Å². The van der Waals surface area contributed by atoms with Crippen molar-refractivity contribution in [2.24, 2.45) is 0 Å². The number of nitrogens with one attached hydrogen (secondary N) is 1. The summed E-state index contributed by atoms with van der Waals surface area (Å²) in [6, 6.07) is 19.9. The van der Waals surface area contributed by atoms with Crippen LogP contribution in [-0.2, 0) is 17.9 Å². The van der Waals surface area contributed by atoms with Gasteiger partial charge < -0.3 is 10.1 Å². The lowest BCUT2D eigenvalue weighted by Gasteiger charge is -2.12. The molecule has 1 N–H and O–H groups in total. The zero-order valence-electron chi connectivity index (χ0n) is 17.3. The van der Waals surface area contributed by atoms with Crippen molar-refractivity contribution in [2.45, 2.75) is 20.1 Å². The maximum absolute atomic E-state index is 12.9. The van der Waals surface area contributed by atoms with E-state index in [1.54, 1.807) is 24.3 Å². The molecule has 3 aromatic carbocycles. The summed E-state index contributed by atoms with van der Waals surface area (Å²) in [5, 5.41) is 3.59. The van der Waals surface area contributed by atoms with Crippen LogP contribution in [0.1, 0.15) is 22.3 Å². The number of carbonyl (C=O) groups excluding carboxylic acids is 2. The van der Waals surface area contributed by atoms with Crippen LogP contribution in [-0.4, -0.2) is 16.8 Å². The number of hydrogen-bond donors (Lipinski definition) is 1. The zero-order valence-corrected chi connectivity index (χ0v) is 18.8. The third-order valence-electron chi connectivity index (χ3n) is 5.02. The number of amides is 3. The Morgan fingerprint density at radius 3 is 2.41 bits per heavy atom. The number of imide groups is 1. The number of aryl methyl sites for hydroxylation is 1. The average Bonchev–Trinajstić information content (AvgIpc) is 3.04. The SMILES string of the molecule is Cc1ccc(CN2C(=O)N/C(=C/c3ccccc3OCc3ccc(Cl)c(Cl)c3)C2=O)cc1. The Bertz CT molecular complexity index is 1210. The maximum atomic E-state index is 12.9. The Morgan fingerprint density at radius 2 is 1.66 bits per heavy atom. The first-order valence-electron chi connectivity index (χ1n) is 9.96. The quantitative estimate of drug-likeness (QED) is 0.359. The Morgan fingerprint density at radius 1 is 0.938 bits per heavy atom. The van der Waals surface area contributed by atoms with Crippen LogP contribution >= 0.6 is 23.2 Å². The van der Waals surface area contributed by atoms with E-state index >= 15 is 0 Å². The largest absolute Gasteiger partial charge is 0.488 e. The van der Waals surface area contributed by atoms with Crippen molar-refractivity contribution >= 4 is 41.2 Å². The molecule has 3 amide bonds. The molecule has 0 spiro atoms. The van der Waals surface area contributed by atoms with Gasteiger partial charge in [-0.15, -0.1) is 0 Å². The lowest BCUT2D eigenvalue weighted by Crippen LogP contribution is -2.30. The fourth-order valence-electron chi connectivity index (χ4n) is 3.27. The molecule has 0 unspecified atom stereocenters. The maximum Gasteiger partial charge on any atom is 0.329 e. The second-order valence-corrected chi connectivity index (χ2v) is 8.25. The molecule has 32 heavy (non-hydrogen) atoms. The van der Waals surface area contributed by atoms with Gasteiger partial charge in [-0.3, -0.25) is 9.69 Å². The first-order chi connectivity index (χ1) is 15.4. The summed E-state index contributed by atoms with van der Waals surface area (Å²) in [5.74, 6) is 0.194. The molecular formula is C25H20Cl2N2O3. The number of benzene rings is 3. The van der Waals surface area contributed by atoms with E-state index in [0.29, 0.717) is 21.4 Å². The summed E-state index contributed by atoms with van der Waals surface area (Å²) >= 11 is 12.0. The Labute approximate surface area is 196 Å². The minimum atomic E-state index is -0.448. The number of nitrogens with zero attached hydrogens (tertiary/aromatic N) is 1. The molecule has 4 rings (SSSR count). The van der Waals surface area contributed by atoms with Gasteiger partial charge in [-0.25, -0.2) is 4.79 Å². The lowest BCUT2D eigenvalue weighted by molar-refractivity contribution is -0.123. The number of rotatable bonds is 6. The topological polar surface area (TPSA) is 58.6 Å². The number of halogens is 2. The molecule has 162 valence electrons. The highest BCUT2D eigenvalue weighted by atomic mass is 35.5. The van der Waals surface area contributed by atoms with Crippen molar-refractivity contribution in [3.63, 3.8) is 0 Å². The summed E-state index contributed by atoms with van der Waals surface area (Å²) in [4.78, 5) is 26.5. The Balaban J connectivity index is 1.51. The lowest BCUT2D eigenvalue weighted by atomic mass is 10.1. The van der Waals surface area contributed by atoms with Crippen LogP contribution in [0.25, 0.3) is 6.08 Å². The van der Waals surface area contributed by atoms with Crippen molar-refractivity contribution in [1.29, 1.82) is 0 Å². The molecule has 1 saturated heterocycles. The van der Waals surface area contributed by atoms with Crippen LogP contribution < -0.4 is 10.1 Å². The van der Waals surface area contributed by atoms with Crippen molar-refractivity contribution in [2.75, 3.05) is 0 Å². The molecule has 5 nitrogen and oxygen atoms in total. The van der Waals surface area contributed by atoms with E-state index in [2.05, 4.69) is 5.32 Å². The summed E-state index contributed by atoms with van der Waals surface area (Å²) in [6.45, 7) is 2.47. The molecule has 3 aromatic rings. The molecule has 7 heteroatoms. The Kier molecular flexibility index (Phi) is 6.49. The van der Waals surface area contributed by atoms with Gasteiger partial charge in [-0.05, 0) is 42.3 Å². The van der Waals surface area contributed by atoms with E-state index in [4.69, 9.17) is 27.9 Å². The number of ether oxygens (including phenoxy) is 1. The van der Waals surface area contributed by atoms with E-state index in [9.17, 15) is 9.59 Å². The van der Waals surface area contributed by atoms with E-state index in [1.807, 2.05) is 55.5 Å². The van der Waals surface area contributed by atoms with Gasteiger partial charge in [0.25, 0.3) is 5.91 Å². The Hall–Kier alpha value is -3.28. The highest BCUT2D eigenvalue weighted by molar-refractivity contribution is 6.42. The van der Waals surface area contributed by atoms with Crippen LogP contribution in [0.5, 0.6) is 5.75 Å². The molecule has 0 saturated carbocycles. The molecule has 1 aliphatic rings. The number of para-hydroxylation sites is 1. The van der Waals surface area contributed by atoms with Crippen molar-refractivity contribution in [3.05, 3.63) is 105 Å².